The van der Waals surface area contributed by atoms with Gasteiger partial charge in [-0.2, -0.15) is 13.2 Å². The standard InChI is InChI=1S/C16H21F3N2O3/c1-23-7-8-24-13-4-2-3-11(9-13)15(22)21-10-12(20)5-6-14(21)16(17,18)19/h2-4,9,12,14H,5-8,10,20H2,1H3/t12-,14-/m0/s1. The summed E-state index contributed by atoms with van der Waals surface area (Å²) in [4.78, 5) is 13.4. The molecule has 0 spiro atoms. The Morgan fingerprint density at radius 3 is 2.75 bits per heavy atom. The predicted molar refractivity (Wildman–Crippen MR) is 81.9 cm³/mol. The summed E-state index contributed by atoms with van der Waals surface area (Å²) in [5.74, 6) is -0.285. The molecule has 2 atom stereocenters. The molecule has 0 unspecified atom stereocenters. The van der Waals surface area contributed by atoms with Crippen molar-refractivity contribution in [2.45, 2.75) is 31.1 Å². The molecule has 0 aromatic heterocycles. The maximum atomic E-state index is 13.2. The predicted octanol–water partition coefficient (Wildman–Crippen LogP) is 2.21. The number of amides is 1. The zero-order valence-electron chi connectivity index (χ0n) is 13.4. The van der Waals surface area contributed by atoms with E-state index in [0.29, 0.717) is 12.4 Å². The topological polar surface area (TPSA) is 64.8 Å². The molecular weight excluding hydrogens is 325 g/mol. The summed E-state index contributed by atoms with van der Waals surface area (Å²) >= 11 is 0. The number of ether oxygens (including phenoxy) is 2. The second kappa shape index (κ2) is 7.85. The van der Waals surface area contributed by atoms with Crippen LogP contribution >= 0.6 is 0 Å². The van der Waals surface area contributed by atoms with Gasteiger partial charge in [-0.15, -0.1) is 0 Å². The lowest BCUT2D eigenvalue weighted by molar-refractivity contribution is -0.184. The molecule has 1 fully saturated rings. The summed E-state index contributed by atoms with van der Waals surface area (Å²) in [6.45, 7) is 0.543. The molecule has 1 aliphatic heterocycles. The number of halogens is 3. The van der Waals surface area contributed by atoms with E-state index < -0.39 is 24.2 Å². The van der Waals surface area contributed by atoms with Crippen LogP contribution in [-0.2, 0) is 4.74 Å². The second-order valence-corrected chi connectivity index (χ2v) is 5.72. The third kappa shape index (κ3) is 4.61. The molecule has 0 aliphatic carbocycles. The van der Waals surface area contributed by atoms with Gasteiger partial charge in [0.15, 0.2) is 0 Å². The quantitative estimate of drug-likeness (QED) is 0.830. The van der Waals surface area contributed by atoms with E-state index in [0.717, 1.165) is 4.90 Å². The van der Waals surface area contributed by atoms with E-state index in [1.807, 2.05) is 0 Å². The number of carbonyl (C=O) groups is 1. The number of rotatable bonds is 5. The average Bonchev–Trinajstić information content (AvgIpc) is 2.53. The number of likely N-dealkylation sites (tertiary alicyclic amines) is 1. The first-order valence-electron chi connectivity index (χ1n) is 7.68. The van der Waals surface area contributed by atoms with Crippen molar-refractivity contribution in [2.24, 2.45) is 5.73 Å². The third-order valence-corrected chi connectivity index (χ3v) is 3.89. The van der Waals surface area contributed by atoms with E-state index in [9.17, 15) is 18.0 Å². The van der Waals surface area contributed by atoms with Crippen molar-refractivity contribution in [3.8, 4) is 5.75 Å². The molecule has 2 rings (SSSR count). The number of piperidine rings is 1. The average molecular weight is 346 g/mol. The molecule has 5 nitrogen and oxygen atoms in total. The van der Waals surface area contributed by atoms with E-state index >= 15 is 0 Å². The van der Waals surface area contributed by atoms with Crippen LogP contribution in [0, 0.1) is 0 Å². The van der Waals surface area contributed by atoms with Crippen LogP contribution < -0.4 is 10.5 Å². The SMILES string of the molecule is COCCOc1cccc(C(=O)N2C[C@@H](N)CC[C@H]2C(F)(F)F)c1. The second-order valence-electron chi connectivity index (χ2n) is 5.72. The highest BCUT2D eigenvalue weighted by Crippen LogP contribution is 2.32. The van der Waals surface area contributed by atoms with E-state index in [2.05, 4.69) is 0 Å². The number of methoxy groups -OCH3 is 1. The molecule has 1 saturated heterocycles. The van der Waals surface area contributed by atoms with Crippen LogP contribution in [0.3, 0.4) is 0 Å². The van der Waals surface area contributed by atoms with Crippen molar-refractivity contribution in [2.75, 3.05) is 26.9 Å². The first-order chi connectivity index (χ1) is 11.3. The molecule has 0 radical (unpaired) electrons. The Balaban J connectivity index is 2.17. The Kier molecular flexibility index (Phi) is 6.06. The minimum Gasteiger partial charge on any atom is -0.491 e. The van der Waals surface area contributed by atoms with Gasteiger partial charge < -0.3 is 20.1 Å². The Morgan fingerprint density at radius 1 is 1.33 bits per heavy atom. The van der Waals surface area contributed by atoms with Crippen molar-refractivity contribution >= 4 is 5.91 Å². The molecule has 0 bridgehead atoms. The van der Waals surface area contributed by atoms with Gasteiger partial charge >= 0.3 is 6.18 Å². The van der Waals surface area contributed by atoms with Gasteiger partial charge in [0.05, 0.1) is 6.61 Å². The van der Waals surface area contributed by atoms with E-state index in [4.69, 9.17) is 15.2 Å². The van der Waals surface area contributed by atoms with Gasteiger partial charge in [0.25, 0.3) is 5.91 Å². The lowest BCUT2D eigenvalue weighted by Gasteiger charge is -2.39. The molecule has 0 saturated carbocycles. The lowest BCUT2D eigenvalue weighted by atomic mass is 9.97. The van der Waals surface area contributed by atoms with Crippen molar-refractivity contribution in [3.05, 3.63) is 29.8 Å². The Morgan fingerprint density at radius 2 is 2.08 bits per heavy atom. The highest BCUT2D eigenvalue weighted by molar-refractivity contribution is 5.95. The van der Waals surface area contributed by atoms with Crippen LogP contribution in [0.4, 0.5) is 13.2 Å². The number of alkyl halides is 3. The van der Waals surface area contributed by atoms with Crippen molar-refractivity contribution in [1.82, 2.24) is 4.90 Å². The van der Waals surface area contributed by atoms with Gasteiger partial charge in [-0.25, -0.2) is 0 Å². The molecule has 1 aliphatic rings. The molecule has 2 N–H and O–H groups in total. The summed E-state index contributed by atoms with van der Waals surface area (Å²) < 4.78 is 49.9. The van der Waals surface area contributed by atoms with Gasteiger partial charge in [0.1, 0.15) is 18.4 Å². The minimum atomic E-state index is -4.47. The van der Waals surface area contributed by atoms with Crippen LogP contribution in [0.5, 0.6) is 5.75 Å². The fourth-order valence-corrected chi connectivity index (χ4v) is 2.69. The number of hydrogen-bond donors (Lipinski definition) is 1. The number of nitrogens with two attached hydrogens (primary N) is 1. The number of nitrogens with zero attached hydrogens (tertiary/aromatic N) is 1. The molecule has 1 amide bonds. The number of carbonyl (C=O) groups excluding carboxylic acids is 1. The zero-order chi connectivity index (χ0) is 17.7. The van der Waals surface area contributed by atoms with Crippen molar-refractivity contribution < 1.29 is 27.4 Å². The molecule has 134 valence electrons. The molecule has 1 heterocycles. The molecule has 1 aromatic rings. The van der Waals surface area contributed by atoms with Gasteiger partial charge in [0, 0.05) is 25.3 Å². The fraction of sp³-hybridized carbons (Fsp3) is 0.562. The van der Waals surface area contributed by atoms with Gasteiger partial charge in [0.2, 0.25) is 0 Å². The summed E-state index contributed by atoms with van der Waals surface area (Å²) in [6, 6.07) is 3.86. The molecule has 8 heteroatoms. The van der Waals surface area contributed by atoms with Gasteiger partial charge in [-0.3, -0.25) is 4.79 Å². The highest BCUT2D eigenvalue weighted by atomic mass is 19.4. The van der Waals surface area contributed by atoms with Gasteiger partial charge in [-0.1, -0.05) is 6.07 Å². The Labute approximate surface area is 138 Å². The van der Waals surface area contributed by atoms with E-state index in [1.54, 1.807) is 12.1 Å². The van der Waals surface area contributed by atoms with E-state index in [1.165, 1.54) is 19.2 Å². The maximum Gasteiger partial charge on any atom is 0.408 e. The van der Waals surface area contributed by atoms with Crippen LogP contribution in [0.15, 0.2) is 24.3 Å². The highest BCUT2D eigenvalue weighted by Gasteiger charge is 2.47. The normalized spacial score (nSPS) is 21.6. The summed E-state index contributed by atoms with van der Waals surface area (Å²) in [5.41, 5.74) is 5.90. The molecular formula is C16H21F3N2O3. The van der Waals surface area contributed by atoms with Gasteiger partial charge in [-0.05, 0) is 31.0 Å². The van der Waals surface area contributed by atoms with Crippen LogP contribution in [0.25, 0.3) is 0 Å². The first kappa shape index (κ1) is 18.5. The molecule has 24 heavy (non-hydrogen) atoms. The van der Waals surface area contributed by atoms with Crippen molar-refractivity contribution in [1.29, 1.82) is 0 Å². The summed E-state index contributed by atoms with van der Waals surface area (Å²) in [6.07, 6.45) is -4.41. The Bertz CT molecular complexity index is 566. The van der Waals surface area contributed by atoms with Crippen molar-refractivity contribution in [3.63, 3.8) is 0 Å². The first-order valence-corrected chi connectivity index (χ1v) is 7.68. The van der Waals surface area contributed by atoms with Crippen LogP contribution in [0.2, 0.25) is 0 Å². The zero-order valence-corrected chi connectivity index (χ0v) is 13.4. The monoisotopic (exact) mass is 346 g/mol. The summed E-state index contributed by atoms with van der Waals surface area (Å²) in [7, 11) is 1.53. The smallest absolute Gasteiger partial charge is 0.408 e. The van der Waals surface area contributed by atoms with E-state index in [-0.39, 0.29) is 31.6 Å². The number of benzene rings is 1. The lowest BCUT2D eigenvalue weighted by Crippen LogP contribution is -2.56. The fourth-order valence-electron chi connectivity index (χ4n) is 2.69. The summed E-state index contributed by atoms with van der Waals surface area (Å²) in [5, 5.41) is 0. The number of hydrogen-bond acceptors (Lipinski definition) is 4. The maximum absolute atomic E-state index is 13.2. The van der Waals surface area contributed by atoms with Crippen LogP contribution in [-0.4, -0.2) is 55.9 Å². The third-order valence-electron chi connectivity index (χ3n) is 3.89. The van der Waals surface area contributed by atoms with Crippen LogP contribution in [0.1, 0.15) is 23.2 Å². The largest absolute Gasteiger partial charge is 0.491 e. The Hall–Kier alpha value is -1.80. The minimum absolute atomic E-state index is 0.113. The molecule has 1 aromatic carbocycles.